The number of amides is 1. The number of carbonyl (C=O) groups excluding carboxylic acids is 1. The summed E-state index contributed by atoms with van der Waals surface area (Å²) in [6.07, 6.45) is 0. The molecule has 0 unspecified atom stereocenters. The molecule has 3 aromatic rings. The van der Waals surface area contributed by atoms with Crippen molar-refractivity contribution in [3.63, 3.8) is 0 Å². The lowest BCUT2D eigenvalue weighted by atomic mass is 10.3. The van der Waals surface area contributed by atoms with E-state index in [0.717, 1.165) is 0 Å². The van der Waals surface area contributed by atoms with Gasteiger partial charge < -0.3 is 5.73 Å². The minimum atomic E-state index is -0.665. The lowest BCUT2D eigenvalue weighted by Gasteiger charge is -2.03. The summed E-state index contributed by atoms with van der Waals surface area (Å²) in [6, 6.07) is 2.81. The topological polar surface area (TPSA) is 95.3 Å². The summed E-state index contributed by atoms with van der Waals surface area (Å²) in [6.45, 7) is 1.91. The van der Waals surface area contributed by atoms with Crippen LogP contribution in [-0.2, 0) is 6.54 Å². The highest BCUT2D eigenvalue weighted by Crippen LogP contribution is 2.20. The maximum atomic E-state index is 12.3. The number of aryl methyl sites for hydroxylation is 1. The van der Waals surface area contributed by atoms with E-state index in [4.69, 9.17) is 28.9 Å². The molecule has 0 radical (unpaired) electrons. The van der Waals surface area contributed by atoms with E-state index in [0.29, 0.717) is 20.7 Å². The summed E-state index contributed by atoms with van der Waals surface area (Å²) in [7, 11) is 0. The Bertz CT molecular complexity index is 958. The summed E-state index contributed by atoms with van der Waals surface area (Å²) < 4.78 is 2.64. The van der Waals surface area contributed by atoms with Crippen molar-refractivity contribution >= 4 is 45.4 Å². The van der Waals surface area contributed by atoms with Gasteiger partial charge in [0.2, 0.25) is 0 Å². The van der Waals surface area contributed by atoms with Crippen LogP contribution in [0.4, 0.5) is 0 Å². The molecular weight excluding hydrogens is 349 g/mol. The first-order chi connectivity index (χ1) is 10.4. The Balaban J connectivity index is 2.12. The van der Waals surface area contributed by atoms with Gasteiger partial charge in [-0.2, -0.15) is 5.10 Å². The van der Waals surface area contributed by atoms with E-state index in [1.165, 1.54) is 32.6 Å². The molecule has 0 bridgehead atoms. The zero-order valence-electron chi connectivity index (χ0n) is 11.2. The first kappa shape index (κ1) is 15.0. The van der Waals surface area contributed by atoms with Crippen molar-refractivity contribution in [2.45, 2.75) is 13.5 Å². The van der Waals surface area contributed by atoms with Gasteiger partial charge in [-0.25, -0.2) is 14.1 Å². The van der Waals surface area contributed by atoms with Gasteiger partial charge >= 0.3 is 0 Å². The van der Waals surface area contributed by atoms with E-state index in [9.17, 15) is 9.59 Å². The number of halogens is 2. The second kappa shape index (κ2) is 5.38. The first-order valence-corrected chi connectivity index (χ1v) is 7.65. The van der Waals surface area contributed by atoms with E-state index in [-0.39, 0.29) is 23.0 Å². The molecule has 3 aromatic heterocycles. The highest BCUT2D eigenvalue weighted by Gasteiger charge is 2.17. The Labute approximate surface area is 137 Å². The van der Waals surface area contributed by atoms with E-state index in [2.05, 4.69) is 10.1 Å². The van der Waals surface area contributed by atoms with E-state index < -0.39 is 5.91 Å². The number of fused-ring (bicyclic) bond motifs is 1. The van der Waals surface area contributed by atoms with Crippen molar-refractivity contribution in [2.75, 3.05) is 0 Å². The predicted molar refractivity (Wildman–Crippen MR) is 83.9 cm³/mol. The largest absolute Gasteiger partial charge is 0.364 e. The third-order valence-corrected chi connectivity index (χ3v) is 4.43. The lowest BCUT2D eigenvalue weighted by molar-refractivity contribution is 0.0994. The molecule has 0 aliphatic rings. The zero-order valence-corrected chi connectivity index (χ0v) is 13.5. The summed E-state index contributed by atoms with van der Waals surface area (Å²) in [4.78, 5) is 29.1. The standard InChI is InChI=1S/C12H9Cl2N5O2S/c1-5-10(11(15)21)19-9(20)2-6(16-12(19)22-5)4-18-8(14)3-7(13)17-18/h2-3H,4H2,1H3,(H2,15,21). The Morgan fingerprint density at radius 3 is 2.73 bits per heavy atom. The number of aromatic nitrogens is 4. The molecule has 1 amide bonds. The summed E-state index contributed by atoms with van der Waals surface area (Å²) in [5, 5.41) is 4.59. The quantitative estimate of drug-likeness (QED) is 0.771. The molecule has 0 saturated heterocycles. The van der Waals surface area contributed by atoms with Crippen LogP contribution in [0.25, 0.3) is 4.96 Å². The average Bonchev–Trinajstić information content (AvgIpc) is 2.89. The van der Waals surface area contributed by atoms with Crippen molar-refractivity contribution < 1.29 is 4.79 Å². The van der Waals surface area contributed by atoms with Gasteiger partial charge in [-0.15, -0.1) is 11.3 Å². The molecule has 22 heavy (non-hydrogen) atoms. The van der Waals surface area contributed by atoms with E-state index in [1.807, 2.05) is 0 Å². The Kier molecular flexibility index (Phi) is 3.67. The van der Waals surface area contributed by atoms with Gasteiger partial charge in [0.1, 0.15) is 10.8 Å². The minimum absolute atomic E-state index is 0.157. The number of thiazole rings is 1. The van der Waals surface area contributed by atoms with Crippen LogP contribution >= 0.6 is 34.5 Å². The van der Waals surface area contributed by atoms with Crippen molar-refractivity contribution in [1.82, 2.24) is 19.2 Å². The minimum Gasteiger partial charge on any atom is -0.364 e. The Morgan fingerprint density at radius 1 is 1.41 bits per heavy atom. The van der Waals surface area contributed by atoms with Crippen LogP contribution in [0.2, 0.25) is 10.3 Å². The van der Waals surface area contributed by atoms with Crippen LogP contribution < -0.4 is 11.3 Å². The van der Waals surface area contributed by atoms with Gasteiger partial charge in [-0.1, -0.05) is 23.2 Å². The van der Waals surface area contributed by atoms with Gasteiger partial charge in [0.05, 0.1) is 12.2 Å². The molecule has 0 aliphatic carbocycles. The number of nitrogens with zero attached hydrogens (tertiary/aromatic N) is 4. The van der Waals surface area contributed by atoms with Gasteiger partial charge in [0.25, 0.3) is 11.5 Å². The molecule has 0 atom stereocenters. The molecule has 0 saturated carbocycles. The van der Waals surface area contributed by atoms with Crippen LogP contribution in [0.1, 0.15) is 21.1 Å². The zero-order chi connectivity index (χ0) is 16.0. The van der Waals surface area contributed by atoms with Crippen LogP contribution in [-0.4, -0.2) is 25.1 Å². The van der Waals surface area contributed by atoms with Gasteiger partial charge in [0, 0.05) is 17.0 Å². The average molecular weight is 358 g/mol. The normalized spacial score (nSPS) is 11.2. The van der Waals surface area contributed by atoms with Crippen LogP contribution in [0.15, 0.2) is 16.9 Å². The number of primary amides is 1. The van der Waals surface area contributed by atoms with Crippen molar-refractivity contribution in [1.29, 1.82) is 0 Å². The third-order valence-electron chi connectivity index (χ3n) is 2.99. The highest BCUT2D eigenvalue weighted by atomic mass is 35.5. The van der Waals surface area contributed by atoms with Crippen molar-refractivity contribution in [3.05, 3.63) is 49.1 Å². The van der Waals surface area contributed by atoms with Crippen LogP contribution in [0.3, 0.4) is 0 Å². The van der Waals surface area contributed by atoms with Crippen LogP contribution in [0, 0.1) is 6.92 Å². The van der Waals surface area contributed by atoms with Gasteiger partial charge in [-0.3, -0.25) is 9.59 Å². The third kappa shape index (κ3) is 2.49. The fraction of sp³-hybridized carbons (Fsp3) is 0.167. The summed E-state index contributed by atoms with van der Waals surface area (Å²) >= 11 is 13.0. The molecular formula is C12H9Cl2N5O2S. The molecule has 0 aromatic carbocycles. The first-order valence-electron chi connectivity index (χ1n) is 6.07. The number of hydrogen-bond donors (Lipinski definition) is 1. The molecule has 0 aliphatic heterocycles. The highest BCUT2D eigenvalue weighted by molar-refractivity contribution is 7.17. The molecule has 3 rings (SSSR count). The number of carbonyl (C=O) groups is 1. The SMILES string of the molecule is Cc1sc2nc(Cn3nc(Cl)cc3Cl)cc(=O)n2c1C(N)=O. The van der Waals surface area contributed by atoms with E-state index in [1.54, 1.807) is 6.92 Å². The van der Waals surface area contributed by atoms with Crippen molar-refractivity contribution in [2.24, 2.45) is 5.73 Å². The molecule has 0 spiro atoms. The maximum absolute atomic E-state index is 12.3. The smallest absolute Gasteiger partial charge is 0.266 e. The fourth-order valence-corrected chi connectivity index (χ4v) is 3.57. The maximum Gasteiger partial charge on any atom is 0.266 e. The van der Waals surface area contributed by atoms with Gasteiger partial charge in [0.15, 0.2) is 10.1 Å². The number of rotatable bonds is 3. The lowest BCUT2D eigenvalue weighted by Crippen LogP contribution is -2.23. The molecule has 0 fully saturated rings. The predicted octanol–water partition coefficient (Wildman–Crippen LogP) is 1.71. The van der Waals surface area contributed by atoms with E-state index >= 15 is 0 Å². The number of nitrogens with two attached hydrogens (primary N) is 1. The molecule has 114 valence electrons. The molecule has 7 nitrogen and oxygen atoms in total. The molecule has 2 N–H and O–H groups in total. The van der Waals surface area contributed by atoms with Crippen LogP contribution in [0.5, 0.6) is 0 Å². The summed E-state index contributed by atoms with van der Waals surface area (Å²) in [5.41, 5.74) is 5.55. The Morgan fingerprint density at radius 2 is 2.14 bits per heavy atom. The fourth-order valence-electron chi connectivity index (χ4n) is 2.12. The molecule has 3 heterocycles. The van der Waals surface area contributed by atoms with Gasteiger partial charge in [-0.05, 0) is 6.92 Å². The second-order valence-electron chi connectivity index (χ2n) is 4.52. The molecule has 10 heteroatoms. The second-order valence-corrected chi connectivity index (χ2v) is 6.48. The Hall–Kier alpha value is -1.90. The van der Waals surface area contributed by atoms with Crippen molar-refractivity contribution in [3.8, 4) is 0 Å². The summed E-state index contributed by atoms with van der Waals surface area (Å²) in [5.74, 6) is -0.665. The number of hydrogen-bond acceptors (Lipinski definition) is 5. The monoisotopic (exact) mass is 357 g/mol.